The summed E-state index contributed by atoms with van der Waals surface area (Å²) in [6.45, 7) is 2.41. The first-order valence-electron chi connectivity index (χ1n) is 10.3. The summed E-state index contributed by atoms with van der Waals surface area (Å²) >= 11 is 6.14. The first-order chi connectivity index (χ1) is 15.1. The number of carbonyl (C=O) groups excluding carboxylic acids is 1. The maximum absolute atomic E-state index is 13.9. The van der Waals surface area contributed by atoms with Gasteiger partial charge in [0.15, 0.2) is 0 Å². The molecule has 0 bridgehead atoms. The Morgan fingerprint density at radius 2 is 1.71 bits per heavy atom. The van der Waals surface area contributed by atoms with Crippen molar-refractivity contribution < 1.29 is 9.32 Å². The molecule has 1 amide bonds. The molecule has 0 saturated heterocycles. The number of carbonyl (C=O) groups is 1. The van der Waals surface area contributed by atoms with Crippen LogP contribution >= 0.6 is 11.6 Å². The molecule has 1 aliphatic heterocycles. The van der Waals surface area contributed by atoms with Gasteiger partial charge in [-0.1, -0.05) is 83.5 Å². The molecule has 4 nitrogen and oxygen atoms in total. The Bertz CT molecular complexity index is 1230. The van der Waals surface area contributed by atoms with Crippen molar-refractivity contribution in [3.63, 3.8) is 0 Å². The van der Waals surface area contributed by atoms with E-state index < -0.39 is 0 Å². The zero-order valence-corrected chi connectivity index (χ0v) is 17.8. The van der Waals surface area contributed by atoms with Gasteiger partial charge in [-0.25, -0.2) is 0 Å². The predicted molar refractivity (Wildman–Crippen MR) is 121 cm³/mol. The molecule has 31 heavy (non-hydrogen) atoms. The highest BCUT2D eigenvalue weighted by Crippen LogP contribution is 2.38. The fourth-order valence-corrected chi connectivity index (χ4v) is 4.48. The third-order valence-corrected chi connectivity index (χ3v) is 6.11. The van der Waals surface area contributed by atoms with Gasteiger partial charge in [0.25, 0.3) is 5.91 Å². The highest BCUT2D eigenvalue weighted by Gasteiger charge is 2.35. The summed E-state index contributed by atoms with van der Waals surface area (Å²) < 4.78 is 5.47. The van der Waals surface area contributed by atoms with Crippen molar-refractivity contribution in [2.24, 2.45) is 0 Å². The number of rotatable bonds is 3. The smallest absolute Gasteiger partial charge is 0.260 e. The van der Waals surface area contributed by atoms with Crippen LogP contribution in [0.1, 0.15) is 38.9 Å². The molecular weight excluding hydrogens is 408 g/mol. The summed E-state index contributed by atoms with van der Waals surface area (Å²) in [5.74, 6) is 0.449. The van der Waals surface area contributed by atoms with Crippen molar-refractivity contribution in [3.8, 4) is 11.3 Å². The number of halogens is 1. The summed E-state index contributed by atoms with van der Waals surface area (Å²) in [6.07, 6.45) is 0.803. The summed E-state index contributed by atoms with van der Waals surface area (Å²) in [4.78, 5) is 15.9. The Balaban J connectivity index is 1.62. The van der Waals surface area contributed by atoms with E-state index in [1.165, 1.54) is 5.56 Å². The van der Waals surface area contributed by atoms with E-state index >= 15 is 0 Å². The van der Waals surface area contributed by atoms with Crippen molar-refractivity contribution >= 4 is 17.5 Å². The number of aromatic nitrogens is 1. The number of aryl methyl sites for hydroxylation is 1. The molecule has 1 aromatic heterocycles. The third-order valence-electron chi connectivity index (χ3n) is 5.85. The number of benzene rings is 3. The van der Waals surface area contributed by atoms with Gasteiger partial charge in [0.05, 0.1) is 6.04 Å². The topological polar surface area (TPSA) is 46.3 Å². The summed E-state index contributed by atoms with van der Waals surface area (Å²) in [7, 11) is 0. The van der Waals surface area contributed by atoms with Crippen LogP contribution in [0.25, 0.3) is 11.3 Å². The molecule has 0 aliphatic carbocycles. The second-order valence-corrected chi connectivity index (χ2v) is 8.17. The molecule has 3 aromatic carbocycles. The van der Waals surface area contributed by atoms with Crippen LogP contribution in [-0.2, 0) is 6.42 Å². The Morgan fingerprint density at radius 3 is 2.48 bits per heavy atom. The fourth-order valence-electron chi connectivity index (χ4n) is 4.35. The number of hydrogen-bond donors (Lipinski definition) is 0. The molecule has 2 heterocycles. The monoisotopic (exact) mass is 428 g/mol. The number of amides is 1. The van der Waals surface area contributed by atoms with E-state index in [1.54, 1.807) is 6.92 Å². The molecule has 1 aliphatic rings. The molecule has 0 N–H and O–H groups in total. The molecule has 5 heteroatoms. The minimum atomic E-state index is -0.201. The Labute approximate surface area is 186 Å². The Hall–Kier alpha value is -3.37. The van der Waals surface area contributed by atoms with Crippen LogP contribution in [0.15, 0.2) is 83.4 Å². The van der Waals surface area contributed by atoms with Gasteiger partial charge < -0.3 is 9.42 Å². The van der Waals surface area contributed by atoms with Crippen molar-refractivity contribution in [1.82, 2.24) is 10.1 Å². The molecule has 1 unspecified atom stereocenters. The van der Waals surface area contributed by atoms with E-state index in [9.17, 15) is 4.79 Å². The van der Waals surface area contributed by atoms with Crippen LogP contribution in [0.5, 0.6) is 0 Å². The van der Waals surface area contributed by atoms with Crippen LogP contribution in [0.3, 0.4) is 0 Å². The maximum Gasteiger partial charge on any atom is 0.260 e. The number of nitrogens with zero attached hydrogens (tertiary/aromatic N) is 2. The second kappa shape index (κ2) is 8.05. The molecule has 4 aromatic rings. The van der Waals surface area contributed by atoms with Crippen molar-refractivity contribution in [2.45, 2.75) is 19.4 Å². The lowest BCUT2D eigenvalue weighted by Crippen LogP contribution is -2.41. The summed E-state index contributed by atoms with van der Waals surface area (Å²) in [6, 6.07) is 25.5. The number of fused-ring (bicyclic) bond motifs is 1. The quantitative estimate of drug-likeness (QED) is 0.396. The largest absolute Gasteiger partial charge is 0.360 e. The van der Waals surface area contributed by atoms with E-state index in [2.05, 4.69) is 17.3 Å². The average molecular weight is 429 g/mol. The number of hydrogen-bond acceptors (Lipinski definition) is 3. The van der Waals surface area contributed by atoms with Gasteiger partial charge in [0, 0.05) is 17.1 Å². The van der Waals surface area contributed by atoms with Gasteiger partial charge in [0.1, 0.15) is 17.0 Å². The van der Waals surface area contributed by atoms with Crippen molar-refractivity contribution in [3.05, 3.63) is 112 Å². The average Bonchev–Trinajstić information content (AvgIpc) is 3.20. The second-order valence-electron chi connectivity index (χ2n) is 7.73. The van der Waals surface area contributed by atoms with Crippen LogP contribution in [0.2, 0.25) is 5.02 Å². The van der Waals surface area contributed by atoms with Gasteiger partial charge in [-0.15, -0.1) is 0 Å². The highest BCUT2D eigenvalue weighted by molar-refractivity contribution is 6.30. The standard InChI is InChI=1S/C26H21ClN2O2/c1-17-23(24(28-31-17)19-8-3-2-4-9-19)26(30)29-16-15-18-7-5-6-10-22(18)25(29)20-11-13-21(27)14-12-20/h2-14,25H,15-16H2,1H3. The van der Waals surface area contributed by atoms with E-state index in [-0.39, 0.29) is 11.9 Å². The minimum Gasteiger partial charge on any atom is -0.360 e. The first-order valence-corrected chi connectivity index (χ1v) is 10.7. The molecule has 0 spiro atoms. The first kappa shape index (κ1) is 19.6. The van der Waals surface area contributed by atoms with Gasteiger partial charge >= 0.3 is 0 Å². The molecule has 0 radical (unpaired) electrons. The van der Waals surface area contributed by atoms with Crippen molar-refractivity contribution in [2.75, 3.05) is 6.54 Å². The molecule has 1 atom stereocenters. The van der Waals surface area contributed by atoms with Gasteiger partial charge in [-0.2, -0.15) is 0 Å². The highest BCUT2D eigenvalue weighted by atomic mass is 35.5. The van der Waals surface area contributed by atoms with Crippen LogP contribution in [0, 0.1) is 6.92 Å². The van der Waals surface area contributed by atoms with E-state index in [0.717, 1.165) is 23.1 Å². The van der Waals surface area contributed by atoms with E-state index in [4.69, 9.17) is 16.1 Å². The van der Waals surface area contributed by atoms with Gasteiger partial charge in [-0.05, 0) is 42.2 Å². The lowest BCUT2D eigenvalue weighted by molar-refractivity contribution is 0.0693. The summed E-state index contributed by atoms with van der Waals surface area (Å²) in [5, 5.41) is 4.89. The molecular formula is C26H21ClN2O2. The van der Waals surface area contributed by atoms with E-state index in [1.807, 2.05) is 71.6 Å². The predicted octanol–water partition coefficient (Wildman–Crippen LogP) is 6.09. The van der Waals surface area contributed by atoms with Gasteiger partial charge in [-0.3, -0.25) is 4.79 Å². The van der Waals surface area contributed by atoms with Crippen molar-refractivity contribution in [1.29, 1.82) is 0 Å². The minimum absolute atomic E-state index is 0.0768. The summed E-state index contributed by atoms with van der Waals surface area (Å²) in [5.41, 5.74) is 5.39. The molecule has 154 valence electrons. The van der Waals surface area contributed by atoms with E-state index in [0.29, 0.717) is 28.6 Å². The fraction of sp³-hybridized carbons (Fsp3) is 0.154. The molecule has 0 saturated carbocycles. The zero-order chi connectivity index (χ0) is 21.4. The van der Waals surface area contributed by atoms with Crippen LogP contribution in [-0.4, -0.2) is 22.5 Å². The third kappa shape index (κ3) is 3.53. The SMILES string of the molecule is Cc1onc(-c2ccccc2)c1C(=O)N1CCc2ccccc2C1c1ccc(Cl)cc1. The Morgan fingerprint density at radius 1 is 1.00 bits per heavy atom. The van der Waals surface area contributed by atoms with Crippen LogP contribution in [0.4, 0.5) is 0 Å². The maximum atomic E-state index is 13.9. The zero-order valence-electron chi connectivity index (χ0n) is 17.1. The molecule has 0 fully saturated rings. The van der Waals surface area contributed by atoms with Gasteiger partial charge in [0.2, 0.25) is 0 Å². The molecule has 5 rings (SSSR count). The van der Waals surface area contributed by atoms with Crippen LogP contribution < -0.4 is 0 Å². The lowest BCUT2D eigenvalue weighted by Gasteiger charge is -2.38. The lowest BCUT2D eigenvalue weighted by atomic mass is 9.87. The Kier molecular flexibility index (Phi) is 5.08. The normalized spacial score (nSPS) is 15.5.